The van der Waals surface area contributed by atoms with Gasteiger partial charge < -0.3 is 15.5 Å². The summed E-state index contributed by atoms with van der Waals surface area (Å²) in [5.41, 5.74) is 0. The molecule has 1 aliphatic heterocycles. The number of aromatic nitrogens is 1. The fraction of sp³-hybridized carbons (Fsp3) is 0.571. The van der Waals surface area contributed by atoms with E-state index in [4.69, 9.17) is 11.6 Å². The third-order valence-electron chi connectivity index (χ3n) is 3.53. The molecule has 0 aliphatic carbocycles. The van der Waals surface area contributed by atoms with Crippen molar-refractivity contribution in [2.45, 2.75) is 19.4 Å². The van der Waals surface area contributed by atoms with Gasteiger partial charge in [0.15, 0.2) is 0 Å². The molecule has 1 aromatic heterocycles. The smallest absolute Gasteiger partial charge is 0.224 e. The van der Waals surface area contributed by atoms with E-state index < -0.39 is 0 Å². The average Bonchev–Trinajstić information content (AvgIpc) is 2.87. The second kappa shape index (κ2) is 10.1. The molecule has 1 aliphatic rings. The van der Waals surface area contributed by atoms with Crippen LogP contribution < -0.4 is 15.5 Å². The highest BCUT2D eigenvalue weighted by Crippen LogP contribution is 2.25. The number of amides is 1. The minimum absolute atomic E-state index is 0. The van der Waals surface area contributed by atoms with Crippen LogP contribution >= 0.6 is 36.4 Å². The Morgan fingerprint density at radius 3 is 2.91 bits per heavy atom. The average molecular weight is 370 g/mol. The minimum atomic E-state index is -0.0208. The molecule has 1 aromatic rings. The van der Waals surface area contributed by atoms with Crippen LogP contribution in [-0.2, 0) is 4.79 Å². The van der Waals surface area contributed by atoms with Crippen molar-refractivity contribution < 1.29 is 4.79 Å². The summed E-state index contributed by atoms with van der Waals surface area (Å²) in [7, 11) is 1.85. The van der Waals surface area contributed by atoms with Gasteiger partial charge in [0.25, 0.3) is 0 Å². The van der Waals surface area contributed by atoms with Crippen LogP contribution in [0.3, 0.4) is 0 Å². The Bertz CT molecular complexity index is 475. The number of carbonyl (C=O) groups excluding carboxylic acids is 1. The molecule has 1 fully saturated rings. The Kier molecular flexibility index (Phi) is 9.76. The first-order chi connectivity index (χ1) is 9.61. The predicted octanol–water partition coefficient (Wildman–Crippen LogP) is 2.13. The van der Waals surface area contributed by atoms with Gasteiger partial charge in [0.05, 0.1) is 5.02 Å². The molecule has 0 spiro atoms. The standard InChI is InChI=1S/C14H21ClN4O.2ClH/c1-10(8-16-2)14(20)18-11-5-7-19(9-11)13-12(15)4-3-6-17-13;;/h3-4,6,10-11,16H,5,7-9H2,1-2H3,(H,18,20);2*1H. The molecular weight excluding hydrogens is 347 g/mol. The molecule has 0 aromatic carbocycles. The molecule has 2 N–H and O–H groups in total. The summed E-state index contributed by atoms with van der Waals surface area (Å²) in [4.78, 5) is 18.4. The maximum Gasteiger partial charge on any atom is 0.224 e. The van der Waals surface area contributed by atoms with Gasteiger partial charge in [-0.25, -0.2) is 4.98 Å². The quantitative estimate of drug-likeness (QED) is 0.835. The molecule has 8 heteroatoms. The van der Waals surface area contributed by atoms with Gasteiger partial charge in [-0.3, -0.25) is 4.79 Å². The summed E-state index contributed by atoms with van der Waals surface area (Å²) in [6, 6.07) is 3.82. The van der Waals surface area contributed by atoms with E-state index >= 15 is 0 Å². The number of halogens is 3. The van der Waals surface area contributed by atoms with Crippen molar-refractivity contribution in [2.75, 3.05) is 31.6 Å². The summed E-state index contributed by atoms with van der Waals surface area (Å²) in [5.74, 6) is 0.875. The van der Waals surface area contributed by atoms with Crippen molar-refractivity contribution in [1.82, 2.24) is 15.6 Å². The molecule has 1 saturated heterocycles. The molecule has 2 unspecified atom stereocenters. The first kappa shape index (κ1) is 21.2. The fourth-order valence-electron chi connectivity index (χ4n) is 2.42. The molecule has 1 amide bonds. The number of pyridine rings is 1. The second-order valence-electron chi connectivity index (χ2n) is 5.21. The number of anilines is 1. The predicted molar refractivity (Wildman–Crippen MR) is 95.6 cm³/mol. The Balaban J connectivity index is 0.00000220. The van der Waals surface area contributed by atoms with Crippen LogP contribution in [-0.4, -0.2) is 43.6 Å². The number of rotatable bonds is 5. The van der Waals surface area contributed by atoms with Crippen LogP contribution in [0.1, 0.15) is 13.3 Å². The molecule has 5 nitrogen and oxygen atoms in total. The molecular formula is C14H23Cl3N4O. The Hall–Kier alpha value is -0.750. The molecule has 2 rings (SSSR count). The molecule has 2 heterocycles. The molecule has 126 valence electrons. The summed E-state index contributed by atoms with van der Waals surface area (Å²) in [6.45, 7) is 4.24. The SMILES string of the molecule is CNCC(C)C(=O)NC1CCN(c2ncccc2Cl)C1.Cl.Cl. The number of nitrogens with zero attached hydrogens (tertiary/aromatic N) is 2. The summed E-state index contributed by atoms with van der Waals surface area (Å²) in [5, 5.41) is 6.76. The normalized spacial score (nSPS) is 18.1. The zero-order chi connectivity index (χ0) is 14.5. The van der Waals surface area contributed by atoms with E-state index in [-0.39, 0.29) is 42.7 Å². The van der Waals surface area contributed by atoms with Crippen molar-refractivity contribution >= 4 is 48.1 Å². The van der Waals surface area contributed by atoms with E-state index in [0.29, 0.717) is 11.6 Å². The first-order valence-corrected chi connectivity index (χ1v) is 7.30. The lowest BCUT2D eigenvalue weighted by atomic mass is 10.1. The van der Waals surface area contributed by atoms with E-state index in [1.165, 1.54) is 0 Å². The number of carbonyl (C=O) groups is 1. The minimum Gasteiger partial charge on any atom is -0.353 e. The van der Waals surface area contributed by atoms with Crippen molar-refractivity contribution in [3.63, 3.8) is 0 Å². The van der Waals surface area contributed by atoms with Gasteiger partial charge in [-0.1, -0.05) is 18.5 Å². The van der Waals surface area contributed by atoms with E-state index in [9.17, 15) is 4.79 Å². The highest BCUT2D eigenvalue weighted by atomic mass is 35.5. The maximum absolute atomic E-state index is 12.0. The lowest BCUT2D eigenvalue weighted by Gasteiger charge is -2.20. The fourth-order valence-corrected chi connectivity index (χ4v) is 2.66. The zero-order valence-electron chi connectivity index (χ0n) is 12.7. The lowest BCUT2D eigenvalue weighted by molar-refractivity contribution is -0.124. The van der Waals surface area contributed by atoms with Gasteiger partial charge in [-0.2, -0.15) is 0 Å². The van der Waals surface area contributed by atoms with Crippen LogP contribution in [0, 0.1) is 5.92 Å². The first-order valence-electron chi connectivity index (χ1n) is 6.92. The van der Waals surface area contributed by atoms with Crippen molar-refractivity contribution in [3.05, 3.63) is 23.4 Å². The zero-order valence-corrected chi connectivity index (χ0v) is 15.1. The monoisotopic (exact) mass is 368 g/mol. The number of nitrogens with one attached hydrogen (secondary N) is 2. The van der Waals surface area contributed by atoms with E-state index in [2.05, 4.69) is 20.5 Å². The van der Waals surface area contributed by atoms with E-state index in [1.807, 2.05) is 26.1 Å². The molecule has 2 atom stereocenters. The van der Waals surface area contributed by atoms with Crippen LogP contribution in [0.25, 0.3) is 0 Å². The van der Waals surface area contributed by atoms with Gasteiger partial charge in [-0.15, -0.1) is 24.8 Å². The molecule has 0 radical (unpaired) electrons. The molecule has 0 saturated carbocycles. The summed E-state index contributed by atoms with van der Waals surface area (Å²) < 4.78 is 0. The number of hydrogen-bond acceptors (Lipinski definition) is 4. The number of hydrogen-bond donors (Lipinski definition) is 2. The second-order valence-corrected chi connectivity index (χ2v) is 5.61. The Labute approximate surface area is 149 Å². The van der Waals surface area contributed by atoms with Crippen LogP contribution in [0.5, 0.6) is 0 Å². The van der Waals surface area contributed by atoms with Crippen LogP contribution in [0.4, 0.5) is 5.82 Å². The largest absolute Gasteiger partial charge is 0.353 e. The summed E-state index contributed by atoms with van der Waals surface area (Å²) >= 11 is 6.15. The van der Waals surface area contributed by atoms with Crippen molar-refractivity contribution in [3.8, 4) is 0 Å². The molecule has 0 bridgehead atoms. The highest BCUT2D eigenvalue weighted by molar-refractivity contribution is 6.32. The Morgan fingerprint density at radius 2 is 2.27 bits per heavy atom. The van der Waals surface area contributed by atoms with Gasteiger partial charge in [0.2, 0.25) is 5.91 Å². The maximum atomic E-state index is 12.0. The van der Waals surface area contributed by atoms with Gasteiger partial charge in [-0.05, 0) is 25.6 Å². The van der Waals surface area contributed by atoms with Gasteiger partial charge in [0.1, 0.15) is 5.82 Å². The van der Waals surface area contributed by atoms with Gasteiger partial charge in [0, 0.05) is 37.8 Å². The van der Waals surface area contributed by atoms with Crippen LogP contribution in [0.15, 0.2) is 18.3 Å². The summed E-state index contributed by atoms with van der Waals surface area (Å²) in [6.07, 6.45) is 2.66. The Morgan fingerprint density at radius 1 is 1.55 bits per heavy atom. The van der Waals surface area contributed by atoms with Crippen LogP contribution in [0.2, 0.25) is 5.02 Å². The molecule has 22 heavy (non-hydrogen) atoms. The third kappa shape index (κ3) is 5.47. The third-order valence-corrected chi connectivity index (χ3v) is 3.83. The van der Waals surface area contributed by atoms with E-state index in [0.717, 1.165) is 25.3 Å². The highest BCUT2D eigenvalue weighted by Gasteiger charge is 2.27. The van der Waals surface area contributed by atoms with Crippen molar-refractivity contribution in [1.29, 1.82) is 0 Å². The van der Waals surface area contributed by atoms with E-state index in [1.54, 1.807) is 6.20 Å². The van der Waals surface area contributed by atoms with Crippen molar-refractivity contribution in [2.24, 2.45) is 5.92 Å². The van der Waals surface area contributed by atoms with Gasteiger partial charge >= 0.3 is 0 Å². The topological polar surface area (TPSA) is 57.3 Å². The lowest BCUT2D eigenvalue weighted by Crippen LogP contribution is -2.42.